The Morgan fingerprint density at radius 1 is 0.476 bits per heavy atom. The molecule has 20 nitrogen and oxygen atoms in total. The first-order valence-corrected chi connectivity index (χ1v) is 31.1. The van der Waals surface area contributed by atoms with E-state index in [4.69, 9.17) is 74.8 Å². The maximum atomic E-state index is 13.2. The van der Waals surface area contributed by atoms with Gasteiger partial charge in [-0.15, -0.1) is 0 Å². The molecule has 26 heteroatoms. The third kappa shape index (κ3) is 20.2. The first kappa shape index (κ1) is 64.9. The van der Waals surface area contributed by atoms with Gasteiger partial charge in [0.05, 0.1) is 89.1 Å². The molecular weight excluding hydrogens is 1180 g/mol. The molecular formula is C56H70Cl4N8O12S2. The molecule has 82 heavy (non-hydrogen) atoms. The average Bonchev–Trinajstić information content (AvgIpc) is 3.58. The van der Waals surface area contributed by atoms with Crippen molar-refractivity contribution >= 4 is 89.9 Å². The molecule has 2 aliphatic heterocycles. The molecule has 5 aromatic rings. The van der Waals surface area contributed by atoms with E-state index in [9.17, 15) is 26.4 Å². The lowest BCUT2D eigenvalue weighted by Gasteiger charge is -2.33. The smallest absolute Gasteiger partial charge is 0.319 e. The van der Waals surface area contributed by atoms with Gasteiger partial charge in [0, 0.05) is 95.7 Å². The zero-order valence-corrected chi connectivity index (χ0v) is 50.3. The minimum absolute atomic E-state index is 0.0848. The Labute approximate surface area is 500 Å². The first-order valence-electron chi connectivity index (χ1n) is 26.6. The van der Waals surface area contributed by atoms with E-state index in [1.54, 1.807) is 72.8 Å². The van der Waals surface area contributed by atoms with Gasteiger partial charge in [-0.1, -0.05) is 70.7 Å². The van der Waals surface area contributed by atoms with E-state index in [1.165, 1.54) is 0 Å². The highest BCUT2D eigenvalue weighted by atomic mass is 35.5. The number of amides is 4. The van der Waals surface area contributed by atoms with Crippen molar-refractivity contribution in [3.8, 4) is 0 Å². The van der Waals surface area contributed by atoms with Crippen LogP contribution in [0.1, 0.15) is 45.2 Å². The predicted molar refractivity (Wildman–Crippen MR) is 318 cm³/mol. The molecule has 0 bridgehead atoms. The van der Waals surface area contributed by atoms with Gasteiger partial charge in [0.25, 0.3) is 0 Å². The predicted octanol–water partition coefficient (Wildman–Crippen LogP) is 7.75. The van der Waals surface area contributed by atoms with Crippen molar-refractivity contribution in [2.75, 3.05) is 143 Å². The van der Waals surface area contributed by atoms with Gasteiger partial charge in [-0.25, -0.2) is 35.9 Å². The second-order valence-electron chi connectivity index (χ2n) is 19.4. The zero-order valence-electron chi connectivity index (χ0n) is 45.7. The molecule has 4 amide bonds. The molecule has 0 fully saturated rings. The van der Waals surface area contributed by atoms with E-state index >= 15 is 0 Å². The zero-order chi connectivity index (χ0) is 58.5. The largest absolute Gasteiger partial charge is 0.378 e. The van der Waals surface area contributed by atoms with Crippen LogP contribution >= 0.6 is 46.4 Å². The molecule has 2 atom stereocenters. The number of sulfonamides is 2. The molecule has 5 aromatic carbocycles. The van der Waals surface area contributed by atoms with Crippen molar-refractivity contribution in [1.29, 1.82) is 0 Å². The molecule has 1 unspecified atom stereocenters. The summed E-state index contributed by atoms with van der Waals surface area (Å²) in [4.78, 5) is 29.4. The second kappa shape index (κ2) is 32.5. The summed E-state index contributed by atoms with van der Waals surface area (Å²) in [5.74, 6) is -0.190. The van der Waals surface area contributed by atoms with E-state index in [0.717, 1.165) is 33.4 Å². The third-order valence-corrected chi connectivity index (χ3v) is 17.2. The average molecular weight is 1250 g/mol. The van der Waals surface area contributed by atoms with Crippen molar-refractivity contribution in [1.82, 2.24) is 29.9 Å². The van der Waals surface area contributed by atoms with Gasteiger partial charge in [0.1, 0.15) is 0 Å². The van der Waals surface area contributed by atoms with Crippen LogP contribution in [-0.2, 0) is 61.6 Å². The molecule has 2 aliphatic rings. The highest BCUT2D eigenvalue weighted by Crippen LogP contribution is 2.40. The Bertz CT molecular complexity index is 2930. The topological polar surface area (TPSA) is 236 Å². The minimum atomic E-state index is -3.79. The van der Waals surface area contributed by atoms with Crippen LogP contribution < -0.4 is 30.7 Å². The number of carbonyl (C=O) groups excluding carboxylic acids is 2. The summed E-state index contributed by atoms with van der Waals surface area (Å²) in [6.07, 6.45) is 0. The fraction of sp³-hybridized carbons (Fsp3) is 0.429. The SMILES string of the molecule is CN1Cc2c(Cl)cc(Cl)cc2C(c2cccc(S(=O)(=O)NCCOCCOCCOCCNC(=O)Nc3ccc(NC(=O)NCCOCCOCCOCCNS(=O)(=O)c4cccc([C@@H]5CN(C)Cc6c(Cl)cc(Cl)cc65)c4)cc3)c2)C1. The second-order valence-corrected chi connectivity index (χ2v) is 24.6. The number of hydrogen-bond acceptors (Lipinski definition) is 14. The minimum Gasteiger partial charge on any atom is -0.378 e. The molecule has 0 saturated heterocycles. The van der Waals surface area contributed by atoms with Crippen molar-refractivity contribution in [3.63, 3.8) is 0 Å². The Kier molecular flexibility index (Phi) is 25.7. The van der Waals surface area contributed by atoms with E-state index in [1.807, 2.05) is 38.4 Å². The Morgan fingerprint density at radius 2 is 0.817 bits per heavy atom. The molecule has 0 aliphatic carbocycles. The number of ether oxygens (including phenoxy) is 6. The number of benzene rings is 5. The normalized spacial score (nSPS) is 15.6. The van der Waals surface area contributed by atoms with Gasteiger partial charge in [0.15, 0.2) is 0 Å². The van der Waals surface area contributed by atoms with Crippen molar-refractivity contribution in [3.05, 3.63) is 151 Å². The van der Waals surface area contributed by atoms with Gasteiger partial charge in [-0.2, -0.15) is 0 Å². The highest BCUT2D eigenvalue weighted by Gasteiger charge is 2.30. The van der Waals surface area contributed by atoms with E-state index < -0.39 is 32.1 Å². The van der Waals surface area contributed by atoms with Gasteiger partial charge < -0.3 is 59.5 Å². The lowest BCUT2D eigenvalue weighted by molar-refractivity contribution is 0.0165. The summed E-state index contributed by atoms with van der Waals surface area (Å²) in [6.45, 7) is 6.59. The highest BCUT2D eigenvalue weighted by molar-refractivity contribution is 7.89. The number of likely N-dealkylation sites (N-methyl/N-ethyl adjacent to an activating group) is 2. The van der Waals surface area contributed by atoms with Crippen molar-refractivity contribution in [2.24, 2.45) is 0 Å². The first-order chi connectivity index (χ1) is 39.5. The Balaban J connectivity index is 0.638. The number of halogens is 4. The maximum absolute atomic E-state index is 13.2. The number of anilines is 2. The summed E-state index contributed by atoms with van der Waals surface area (Å²) in [5.41, 5.74) is 6.71. The summed E-state index contributed by atoms with van der Waals surface area (Å²) in [6, 6.07) is 26.8. The van der Waals surface area contributed by atoms with Crippen LogP contribution in [0.3, 0.4) is 0 Å². The molecule has 0 radical (unpaired) electrons. The van der Waals surface area contributed by atoms with Crippen molar-refractivity contribution < 1.29 is 54.8 Å². The summed E-state index contributed by atoms with van der Waals surface area (Å²) >= 11 is 25.7. The molecule has 446 valence electrons. The summed E-state index contributed by atoms with van der Waals surface area (Å²) in [7, 11) is -3.58. The fourth-order valence-corrected chi connectivity index (χ4v) is 12.5. The van der Waals surface area contributed by atoms with Gasteiger partial charge in [-0.3, -0.25) is 0 Å². The van der Waals surface area contributed by atoms with Gasteiger partial charge >= 0.3 is 12.1 Å². The van der Waals surface area contributed by atoms with Crippen LogP contribution in [0.4, 0.5) is 21.0 Å². The van der Waals surface area contributed by atoms with E-state index in [2.05, 4.69) is 40.5 Å². The van der Waals surface area contributed by atoms with E-state index in [0.29, 0.717) is 97.3 Å². The number of nitrogens with zero attached hydrogens (tertiary/aromatic N) is 2. The van der Waals surface area contributed by atoms with Crippen LogP contribution in [0, 0.1) is 0 Å². The van der Waals surface area contributed by atoms with Crippen LogP contribution in [0.2, 0.25) is 20.1 Å². The Morgan fingerprint density at radius 3 is 1.18 bits per heavy atom. The monoisotopic (exact) mass is 1250 g/mol. The van der Waals surface area contributed by atoms with Crippen molar-refractivity contribution in [2.45, 2.75) is 34.7 Å². The molecule has 0 spiro atoms. The molecule has 0 aromatic heterocycles. The number of fused-ring (bicyclic) bond motifs is 2. The molecule has 7 rings (SSSR count). The quantitative estimate of drug-likeness (QED) is 0.0226. The number of urea groups is 2. The van der Waals surface area contributed by atoms with Crippen LogP contribution in [0.5, 0.6) is 0 Å². The van der Waals surface area contributed by atoms with Crippen LogP contribution in [-0.4, -0.2) is 171 Å². The van der Waals surface area contributed by atoms with Gasteiger partial charge in [0.2, 0.25) is 20.0 Å². The maximum Gasteiger partial charge on any atom is 0.319 e. The number of rotatable bonds is 32. The van der Waals surface area contributed by atoms with Crippen LogP contribution in [0.25, 0.3) is 0 Å². The van der Waals surface area contributed by atoms with E-state index in [-0.39, 0.29) is 87.4 Å². The van der Waals surface area contributed by atoms with Crippen LogP contribution in [0.15, 0.2) is 107 Å². The fourth-order valence-electron chi connectivity index (χ4n) is 9.27. The summed E-state index contributed by atoms with van der Waals surface area (Å²) in [5, 5.41) is 13.1. The molecule has 6 N–H and O–H groups in total. The standard InChI is InChI=1S/C56H70Cl4N8O12S2/c1-67-35-49(47-31-41(57)33-53(59)51(47)37-67)39-5-3-7-45(29-39)81(71,72)63-15-19-77-23-27-79-25-21-75-17-13-61-55(69)65-43-9-11-44(12-10-43)66-56(70)62-14-18-76-22-26-80-28-24-78-20-16-64-82(73,74)46-8-4-6-40(30-46)50-36-68(2)38-52-48(50)32-42(58)34-54(52)60/h3-12,29-34,49-50,63-64H,13-28,35-38H2,1-2H3,(H2,61,65,69)(H2,62,66,70)/t49-,50?/m0/s1. The summed E-state index contributed by atoms with van der Waals surface area (Å²) < 4.78 is 91.0. The molecule has 0 saturated carbocycles. The number of nitrogens with one attached hydrogen (secondary N) is 6. The molecule has 2 heterocycles. The Hall–Kier alpha value is -4.70. The number of carbonyl (C=O) groups is 2. The number of hydrogen-bond donors (Lipinski definition) is 6. The lowest BCUT2D eigenvalue weighted by Crippen LogP contribution is -2.32. The lowest BCUT2D eigenvalue weighted by atomic mass is 9.85. The van der Waals surface area contributed by atoms with Gasteiger partial charge in [-0.05, 0) is 120 Å². The third-order valence-electron chi connectivity index (χ3n) is 13.2.